The van der Waals surface area contributed by atoms with Crippen molar-refractivity contribution in [1.29, 1.82) is 0 Å². The van der Waals surface area contributed by atoms with Gasteiger partial charge in [0.05, 0.1) is 7.11 Å². The molecule has 0 bridgehead atoms. The summed E-state index contributed by atoms with van der Waals surface area (Å²) in [6.07, 6.45) is 2.07. The number of anilines is 1. The molecule has 3 aromatic rings. The van der Waals surface area contributed by atoms with Gasteiger partial charge in [-0.2, -0.15) is 0 Å². The molecule has 2 amide bonds. The third-order valence-corrected chi connectivity index (χ3v) is 4.37. The van der Waals surface area contributed by atoms with Gasteiger partial charge in [0, 0.05) is 34.3 Å². The zero-order valence-electron chi connectivity index (χ0n) is 14.3. The fourth-order valence-corrected chi connectivity index (χ4v) is 2.79. The maximum atomic E-state index is 12.5. The normalized spacial score (nSPS) is 13.4. The largest absolute Gasteiger partial charge is 0.497 e. The maximum absolute atomic E-state index is 12.5. The molecule has 0 aliphatic heterocycles. The summed E-state index contributed by atoms with van der Waals surface area (Å²) in [6.45, 7) is 0. The summed E-state index contributed by atoms with van der Waals surface area (Å²) in [4.78, 5) is 27.8. The molecule has 1 aliphatic carbocycles. The zero-order valence-corrected chi connectivity index (χ0v) is 14.3. The van der Waals surface area contributed by atoms with Crippen molar-refractivity contribution in [2.45, 2.75) is 18.9 Å². The van der Waals surface area contributed by atoms with Crippen LogP contribution in [0.5, 0.6) is 5.75 Å². The summed E-state index contributed by atoms with van der Waals surface area (Å²) in [5, 5.41) is 6.70. The molecule has 0 unspecified atom stereocenters. The van der Waals surface area contributed by atoms with Crippen LogP contribution in [0.15, 0.2) is 48.5 Å². The predicted molar refractivity (Wildman–Crippen MR) is 99.7 cm³/mol. The van der Waals surface area contributed by atoms with Crippen LogP contribution < -0.4 is 15.4 Å². The van der Waals surface area contributed by atoms with Gasteiger partial charge in [-0.05, 0) is 49.2 Å². The maximum Gasteiger partial charge on any atom is 0.272 e. The van der Waals surface area contributed by atoms with Crippen LogP contribution in [-0.2, 0) is 0 Å². The van der Waals surface area contributed by atoms with Gasteiger partial charge in [0.2, 0.25) is 0 Å². The molecule has 1 aromatic heterocycles. The van der Waals surface area contributed by atoms with Crippen molar-refractivity contribution in [3.05, 3.63) is 59.8 Å². The Morgan fingerprint density at radius 2 is 1.92 bits per heavy atom. The number of nitrogens with one attached hydrogen (secondary N) is 3. The number of aromatic nitrogens is 1. The van der Waals surface area contributed by atoms with Crippen LogP contribution in [0.2, 0.25) is 0 Å². The topological polar surface area (TPSA) is 83.2 Å². The molecule has 6 heteroatoms. The van der Waals surface area contributed by atoms with Gasteiger partial charge >= 0.3 is 0 Å². The van der Waals surface area contributed by atoms with E-state index in [4.69, 9.17) is 4.74 Å². The van der Waals surface area contributed by atoms with Gasteiger partial charge in [-0.15, -0.1) is 0 Å². The number of hydrogen-bond donors (Lipinski definition) is 3. The number of aromatic amines is 1. The smallest absolute Gasteiger partial charge is 0.272 e. The minimum Gasteiger partial charge on any atom is -0.497 e. The third-order valence-electron chi connectivity index (χ3n) is 4.37. The number of amides is 2. The summed E-state index contributed by atoms with van der Waals surface area (Å²) in [5.41, 5.74) is 2.39. The molecule has 132 valence electrons. The summed E-state index contributed by atoms with van der Waals surface area (Å²) >= 11 is 0. The number of fused-ring (bicyclic) bond motifs is 1. The Hall–Kier alpha value is -3.28. The molecule has 0 atom stereocenters. The van der Waals surface area contributed by atoms with Crippen LogP contribution in [0.4, 0.5) is 5.69 Å². The van der Waals surface area contributed by atoms with Crippen LogP contribution in [0.3, 0.4) is 0 Å². The lowest BCUT2D eigenvalue weighted by Gasteiger charge is -2.07. The van der Waals surface area contributed by atoms with Crippen LogP contribution in [-0.4, -0.2) is 29.9 Å². The molecule has 26 heavy (non-hydrogen) atoms. The molecule has 1 saturated carbocycles. The Morgan fingerprint density at radius 3 is 2.69 bits per heavy atom. The van der Waals surface area contributed by atoms with Crippen molar-refractivity contribution in [3.63, 3.8) is 0 Å². The molecule has 0 spiro atoms. The second-order valence-corrected chi connectivity index (χ2v) is 6.42. The molecule has 1 heterocycles. The number of hydrogen-bond acceptors (Lipinski definition) is 3. The summed E-state index contributed by atoms with van der Waals surface area (Å²) in [7, 11) is 1.60. The SMILES string of the molecule is COc1ccc2cc(C(=O)Nc3cccc(C(=O)NC4CC4)c3)[nH]c2c1. The molecule has 0 radical (unpaired) electrons. The number of carbonyl (C=O) groups is 2. The second kappa shape index (κ2) is 6.55. The standard InChI is InChI=1S/C20H19N3O3/c1-26-16-8-5-12-10-18(23-17(12)11-16)20(25)22-15-4-2-3-13(9-15)19(24)21-14-6-7-14/h2-5,8-11,14,23H,6-7H2,1H3,(H,21,24)(H,22,25). The molecule has 1 aliphatic rings. The number of benzene rings is 2. The molecule has 0 saturated heterocycles. The first kappa shape index (κ1) is 16.2. The summed E-state index contributed by atoms with van der Waals surface area (Å²) < 4.78 is 5.20. The molecular formula is C20H19N3O3. The Morgan fingerprint density at radius 1 is 1.08 bits per heavy atom. The van der Waals surface area contributed by atoms with Gasteiger partial charge in [-0.3, -0.25) is 9.59 Å². The van der Waals surface area contributed by atoms with Gasteiger partial charge in [-0.1, -0.05) is 6.07 Å². The van der Waals surface area contributed by atoms with Crippen molar-refractivity contribution in [2.24, 2.45) is 0 Å². The lowest BCUT2D eigenvalue weighted by atomic mass is 10.2. The van der Waals surface area contributed by atoms with Crippen LogP contribution >= 0.6 is 0 Å². The van der Waals surface area contributed by atoms with E-state index in [2.05, 4.69) is 15.6 Å². The number of rotatable bonds is 5. The summed E-state index contributed by atoms with van der Waals surface area (Å²) in [6, 6.07) is 14.6. The highest BCUT2D eigenvalue weighted by Gasteiger charge is 2.23. The monoisotopic (exact) mass is 349 g/mol. The van der Waals surface area contributed by atoms with E-state index in [-0.39, 0.29) is 11.8 Å². The Labute approximate surface area is 150 Å². The first-order chi connectivity index (χ1) is 12.6. The van der Waals surface area contributed by atoms with Gasteiger partial charge in [0.25, 0.3) is 11.8 Å². The lowest BCUT2D eigenvalue weighted by Crippen LogP contribution is -2.25. The fourth-order valence-electron chi connectivity index (χ4n) is 2.79. The molecule has 1 fully saturated rings. The number of carbonyl (C=O) groups excluding carboxylic acids is 2. The van der Waals surface area contributed by atoms with Gasteiger partial charge in [0.1, 0.15) is 11.4 Å². The van der Waals surface area contributed by atoms with Gasteiger partial charge < -0.3 is 20.4 Å². The molecule has 2 aromatic carbocycles. The van der Waals surface area contributed by atoms with Crippen LogP contribution in [0.25, 0.3) is 10.9 Å². The number of ether oxygens (including phenoxy) is 1. The highest BCUT2D eigenvalue weighted by molar-refractivity contribution is 6.06. The van der Waals surface area contributed by atoms with E-state index in [1.807, 2.05) is 18.2 Å². The van der Waals surface area contributed by atoms with E-state index < -0.39 is 0 Å². The lowest BCUT2D eigenvalue weighted by molar-refractivity contribution is 0.0949. The van der Waals surface area contributed by atoms with Crippen molar-refractivity contribution in [1.82, 2.24) is 10.3 Å². The van der Waals surface area contributed by atoms with E-state index in [0.29, 0.717) is 23.0 Å². The third kappa shape index (κ3) is 3.39. The van der Waals surface area contributed by atoms with Crippen LogP contribution in [0, 0.1) is 0 Å². The fraction of sp³-hybridized carbons (Fsp3) is 0.200. The van der Waals surface area contributed by atoms with Crippen molar-refractivity contribution >= 4 is 28.4 Å². The average Bonchev–Trinajstić information content (AvgIpc) is 3.36. The quantitative estimate of drug-likeness (QED) is 0.661. The Bertz CT molecular complexity index is 989. The Balaban J connectivity index is 1.51. The van der Waals surface area contributed by atoms with Crippen LogP contribution in [0.1, 0.15) is 33.7 Å². The van der Waals surface area contributed by atoms with Crippen molar-refractivity contribution in [2.75, 3.05) is 12.4 Å². The van der Waals surface area contributed by atoms with E-state index in [1.54, 1.807) is 37.4 Å². The molecule has 3 N–H and O–H groups in total. The summed E-state index contributed by atoms with van der Waals surface area (Å²) in [5.74, 6) is 0.349. The molecule has 4 rings (SSSR count). The van der Waals surface area contributed by atoms with Crippen molar-refractivity contribution < 1.29 is 14.3 Å². The molecular weight excluding hydrogens is 330 g/mol. The minimum atomic E-state index is -0.264. The van der Waals surface area contributed by atoms with E-state index in [0.717, 1.165) is 29.5 Å². The molecule has 6 nitrogen and oxygen atoms in total. The van der Waals surface area contributed by atoms with E-state index in [1.165, 1.54) is 0 Å². The number of methoxy groups -OCH3 is 1. The minimum absolute atomic E-state index is 0.110. The Kier molecular flexibility index (Phi) is 4.08. The van der Waals surface area contributed by atoms with E-state index >= 15 is 0 Å². The highest BCUT2D eigenvalue weighted by atomic mass is 16.5. The average molecular weight is 349 g/mol. The van der Waals surface area contributed by atoms with Gasteiger partial charge in [-0.25, -0.2) is 0 Å². The first-order valence-corrected chi connectivity index (χ1v) is 8.51. The first-order valence-electron chi connectivity index (χ1n) is 8.51. The van der Waals surface area contributed by atoms with Gasteiger partial charge in [0.15, 0.2) is 0 Å². The van der Waals surface area contributed by atoms with E-state index in [9.17, 15) is 9.59 Å². The predicted octanol–water partition coefficient (Wildman–Crippen LogP) is 3.32. The number of H-pyrrole nitrogens is 1. The van der Waals surface area contributed by atoms with Crippen molar-refractivity contribution in [3.8, 4) is 5.75 Å². The zero-order chi connectivity index (χ0) is 18.1. The highest BCUT2D eigenvalue weighted by Crippen LogP contribution is 2.22. The second-order valence-electron chi connectivity index (χ2n) is 6.42.